The molecule has 0 N–H and O–H groups in total. The lowest BCUT2D eigenvalue weighted by Gasteiger charge is -2.03. The lowest BCUT2D eigenvalue weighted by molar-refractivity contribution is -0.392. The van der Waals surface area contributed by atoms with Gasteiger partial charge >= 0.3 is 5.82 Å². The van der Waals surface area contributed by atoms with E-state index in [-0.39, 0.29) is 5.82 Å². The summed E-state index contributed by atoms with van der Waals surface area (Å²) in [6, 6.07) is 15.2. The normalized spacial score (nSPS) is 11.2. The first kappa shape index (κ1) is 18.2. The number of nitrogens with zero attached hydrogens (tertiary/aromatic N) is 7. The van der Waals surface area contributed by atoms with Gasteiger partial charge in [-0.3, -0.25) is 4.98 Å². The molecule has 144 valence electrons. The van der Waals surface area contributed by atoms with Crippen LogP contribution < -0.4 is 0 Å². The maximum atomic E-state index is 11.4. The molecule has 0 saturated heterocycles. The van der Waals surface area contributed by atoms with Crippen LogP contribution in [0.25, 0.3) is 23.5 Å². The summed E-state index contributed by atoms with van der Waals surface area (Å²) in [6.45, 7) is 0.735. The van der Waals surface area contributed by atoms with Crippen LogP contribution in [0, 0.1) is 10.1 Å². The topological polar surface area (TPSA) is 105 Å². The minimum absolute atomic E-state index is 0.0669. The van der Waals surface area contributed by atoms with E-state index in [1.54, 1.807) is 27.7 Å². The smallest absolute Gasteiger partial charge is 0.343 e. The molecule has 0 aliphatic rings. The van der Waals surface area contributed by atoms with Crippen molar-refractivity contribution in [1.29, 1.82) is 0 Å². The zero-order valence-electron chi connectivity index (χ0n) is 15.4. The Morgan fingerprint density at radius 1 is 0.966 bits per heavy atom. The van der Waals surface area contributed by atoms with Gasteiger partial charge in [0.2, 0.25) is 5.82 Å². The number of aryl methyl sites for hydroxylation is 1. The summed E-state index contributed by atoms with van der Waals surface area (Å²) in [7, 11) is 0. The number of rotatable bonds is 7. The second-order valence-electron chi connectivity index (χ2n) is 6.21. The standard InChI is InChI=1S/C20H17N7O2/c28-27(29)20-14-22-19(10-9-16-6-2-1-3-7-16)26(20)13-12-25-15-18(23-24-25)17-8-4-5-11-21-17/h1-11,14-15H,12-13H2/b10-9+. The summed E-state index contributed by atoms with van der Waals surface area (Å²) < 4.78 is 3.19. The van der Waals surface area contributed by atoms with Crippen LogP contribution in [0.5, 0.6) is 0 Å². The number of hydrogen-bond donors (Lipinski definition) is 0. The molecule has 0 fully saturated rings. The molecular weight excluding hydrogens is 370 g/mol. The monoisotopic (exact) mass is 387 g/mol. The van der Waals surface area contributed by atoms with Crippen molar-refractivity contribution in [2.45, 2.75) is 13.1 Å². The first-order valence-electron chi connectivity index (χ1n) is 8.95. The number of benzene rings is 1. The van der Waals surface area contributed by atoms with Crippen LogP contribution in [0.15, 0.2) is 67.1 Å². The van der Waals surface area contributed by atoms with Crippen molar-refractivity contribution >= 4 is 18.0 Å². The molecule has 0 saturated carbocycles. The Hall–Kier alpha value is -4.14. The molecule has 0 aliphatic heterocycles. The largest absolute Gasteiger partial charge is 0.358 e. The summed E-state index contributed by atoms with van der Waals surface area (Å²) >= 11 is 0. The van der Waals surface area contributed by atoms with E-state index in [0.29, 0.717) is 24.6 Å². The van der Waals surface area contributed by atoms with Crippen molar-refractivity contribution in [3.63, 3.8) is 0 Å². The van der Waals surface area contributed by atoms with Gasteiger partial charge in [0, 0.05) is 12.3 Å². The van der Waals surface area contributed by atoms with E-state index in [1.165, 1.54) is 6.20 Å². The van der Waals surface area contributed by atoms with E-state index in [1.807, 2.05) is 54.6 Å². The minimum Gasteiger partial charge on any atom is -0.358 e. The molecule has 4 aromatic rings. The maximum Gasteiger partial charge on any atom is 0.343 e. The van der Waals surface area contributed by atoms with Gasteiger partial charge in [0.1, 0.15) is 18.4 Å². The van der Waals surface area contributed by atoms with Crippen molar-refractivity contribution in [2.24, 2.45) is 0 Å². The van der Waals surface area contributed by atoms with Crippen molar-refractivity contribution in [2.75, 3.05) is 0 Å². The quantitative estimate of drug-likeness (QED) is 0.356. The molecule has 0 bridgehead atoms. The summed E-state index contributed by atoms with van der Waals surface area (Å²) in [4.78, 5) is 19.4. The van der Waals surface area contributed by atoms with Gasteiger partial charge < -0.3 is 10.1 Å². The molecule has 9 heteroatoms. The molecule has 0 radical (unpaired) electrons. The number of imidazole rings is 1. The highest BCUT2D eigenvalue weighted by Crippen LogP contribution is 2.17. The van der Waals surface area contributed by atoms with Gasteiger partial charge in [0.15, 0.2) is 0 Å². The fourth-order valence-electron chi connectivity index (χ4n) is 2.87. The van der Waals surface area contributed by atoms with Crippen molar-refractivity contribution in [3.8, 4) is 11.4 Å². The number of nitro groups is 1. The van der Waals surface area contributed by atoms with Crippen molar-refractivity contribution < 1.29 is 4.92 Å². The van der Waals surface area contributed by atoms with Gasteiger partial charge in [-0.05, 0) is 28.7 Å². The fourth-order valence-corrected chi connectivity index (χ4v) is 2.87. The predicted octanol–water partition coefficient (Wildman–Crippen LogP) is 3.32. The summed E-state index contributed by atoms with van der Waals surface area (Å²) in [6.07, 6.45) is 8.37. The van der Waals surface area contributed by atoms with Crippen LogP contribution in [-0.4, -0.2) is 34.5 Å². The lowest BCUT2D eigenvalue weighted by atomic mass is 10.2. The Balaban J connectivity index is 1.53. The third kappa shape index (κ3) is 4.24. The van der Waals surface area contributed by atoms with Crippen LogP contribution in [0.4, 0.5) is 5.82 Å². The average Bonchev–Trinajstić information content (AvgIpc) is 3.39. The van der Waals surface area contributed by atoms with Gasteiger partial charge in [-0.25, -0.2) is 14.2 Å². The molecule has 3 heterocycles. The van der Waals surface area contributed by atoms with Crippen molar-refractivity contribution in [1.82, 2.24) is 29.5 Å². The first-order chi connectivity index (χ1) is 14.2. The molecule has 0 unspecified atom stereocenters. The zero-order chi connectivity index (χ0) is 20.1. The van der Waals surface area contributed by atoms with Crippen LogP contribution >= 0.6 is 0 Å². The molecule has 0 atom stereocenters. The summed E-state index contributed by atoms with van der Waals surface area (Å²) in [5, 5.41) is 19.6. The molecule has 0 amide bonds. The SMILES string of the molecule is O=[N+]([O-])c1cnc(/C=C/c2ccccc2)n1CCn1cc(-c2ccccn2)nn1. The van der Waals surface area contributed by atoms with Crippen LogP contribution in [0.2, 0.25) is 0 Å². The Kier molecular flexibility index (Phi) is 5.19. The molecule has 3 aromatic heterocycles. The molecule has 9 nitrogen and oxygen atoms in total. The Labute approximate surface area is 166 Å². The third-order valence-electron chi connectivity index (χ3n) is 4.30. The number of hydrogen-bond acceptors (Lipinski definition) is 6. The highest BCUT2D eigenvalue weighted by Gasteiger charge is 2.18. The van der Waals surface area contributed by atoms with Crippen LogP contribution in [0.3, 0.4) is 0 Å². The Morgan fingerprint density at radius 3 is 2.55 bits per heavy atom. The Morgan fingerprint density at radius 2 is 1.79 bits per heavy atom. The van der Waals surface area contributed by atoms with Gasteiger partial charge in [-0.1, -0.05) is 41.6 Å². The Bertz CT molecular complexity index is 1130. The predicted molar refractivity (Wildman–Crippen MR) is 108 cm³/mol. The molecule has 4 rings (SSSR count). The fraction of sp³-hybridized carbons (Fsp3) is 0.100. The maximum absolute atomic E-state index is 11.4. The zero-order valence-corrected chi connectivity index (χ0v) is 15.4. The molecule has 0 spiro atoms. The van der Waals surface area contributed by atoms with E-state index in [2.05, 4.69) is 20.3 Å². The summed E-state index contributed by atoms with van der Waals surface area (Å²) in [5.74, 6) is 0.438. The van der Waals surface area contributed by atoms with Gasteiger partial charge in [0.05, 0.1) is 18.4 Å². The number of pyridine rings is 1. The van der Waals surface area contributed by atoms with E-state index in [9.17, 15) is 10.1 Å². The lowest BCUT2D eigenvalue weighted by Crippen LogP contribution is -2.11. The van der Waals surface area contributed by atoms with E-state index >= 15 is 0 Å². The summed E-state index contributed by atoms with van der Waals surface area (Å²) in [5.41, 5.74) is 2.36. The third-order valence-corrected chi connectivity index (χ3v) is 4.30. The van der Waals surface area contributed by atoms with Crippen molar-refractivity contribution in [3.05, 3.63) is 88.6 Å². The van der Waals surface area contributed by atoms with E-state index < -0.39 is 4.92 Å². The minimum atomic E-state index is -0.437. The van der Waals surface area contributed by atoms with E-state index in [4.69, 9.17) is 0 Å². The molecular formula is C20H17N7O2. The van der Waals surface area contributed by atoms with E-state index in [0.717, 1.165) is 11.3 Å². The van der Waals surface area contributed by atoms with Crippen LogP contribution in [0.1, 0.15) is 11.4 Å². The highest BCUT2D eigenvalue weighted by molar-refractivity contribution is 5.67. The van der Waals surface area contributed by atoms with Gasteiger partial charge in [0.25, 0.3) is 0 Å². The highest BCUT2D eigenvalue weighted by atomic mass is 16.6. The molecule has 29 heavy (non-hydrogen) atoms. The second kappa shape index (κ2) is 8.26. The second-order valence-corrected chi connectivity index (χ2v) is 6.21. The average molecular weight is 387 g/mol. The molecule has 0 aliphatic carbocycles. The number of aromatic nitrogens is 6. The van der Waals surface area contributed by atoms with Crippen LogP contribution in [-0.2, 0) is 13.1 Å². The first-order valence-corrected chi connectivity index (χ1v) is 8.95. The van der Waals surface area contributed by atoms with Gasteiger partial charge in [-0.15, -0.1) is 5.10 Å². The molecule has 1 aromatic carbocycles. The van der Waals surface area contributed by atoms with Gasteiger partial charge in [-0.2, -0.15) is 0 Å².